The van der Waals surface area contributed by atoms with Gasteiger partial charge in [0.05, 0.1) is 18.0 Å². The van der Waals surface area contributed by atoms with Crippen molar-refractivity contribution < 1.29 is 8.96 Å². The molecule has 5 aromatic rings. The first-order valence-electron chi connectivity index (χ1n) is 10.7. The van der Waals surface area contributed by atoms with Gasteiger partial charge in [-0.1, -0.05) is 69.3 Å². The number of fused-ring (bicyclic) bond motifs is 3. The normalized spacial score (nSPS) is 12.2. The van der Waals surface area contributed by atoms with Crippen molar-refractivity contribution in [1.29, 1.82) is 0 Å². The summed E-state index contributed by atoms with van der Waals surface area (Å²) in [7, 11) is 1.99. The van der Waals surface area contributed by atoms with Gasteiger partial charge in [0.15, 0.2) is 5.82 Å². The van der Waals surface area contributed by atoms with Crippen LogP contribution in [0, 0.1) is 12.7 Å². The Bertz CT molecular complexity index is 1490. The first-order chi connectivity index (χ1) is 14.8. The van der Waals surface area contributed by atoms with Gasteiger partial charge >= 0.3 is 5.82 Å². The minimum atomic E-state index is -0.260. The van der Waals surface area contributed by atoms with Crippen LogP contribution in [0.1, 0.15) is 31.9 Å². The molecular formula is C28H26FN2+. The third kappa shape index (κ3) is 3.07. The van der Waals surface area contributed by atoms with Crippen molar-refractivity contribution in [1.82, 2.24) is 4.98 Å². The van der Waals surface area contributed by atoms with E-state index in [-0.39, 0.29) is 11.2 Å². The van der Waals surface area contributed by atoms with Crippen LogP contribution < -0.4 is 4.57 Å². The Hall–Kier alpha value is -3.33. The summed E-state index contributed by atoms with van der Waals surface area (Å²) < 4.78 is 17.5. The molecule has 154 valence electrons. The molecule has 4 aromatic carbocycles. The van der Waals surface area contributed by atoms with E-state index < -0.39 is 0 Å². The standard InChI is InChI=1S/C28H26FN2/c1-17-20-11-8-9-13-22(20)24(28(2,3)4)15-23(17)27-30-26-19(16-31(27)5)14-18-10-6-7-12-21(18)25(26)29/h6-16H,1-5H3/q+1. The number of aromatic nitrogens is 2. The molecule has 0 N–H and O–H groups in total. The fourth-order valence-electron chi connectivity index (χ4n) is 4.60. The summed E-state index contributed by atoms with van der Waals surface area (Å²) in [4.78, 5) is 4.87. The molecule has 0 aliphatic carbocycles. The Balaban J connectivity index is 1.87. The number of halogens is 1. The molecule has 3 heteroatoms. The van der Waals surface area contributed by atoms with Crippen LogP contribution >= 0.6 is 0 Å². The molecule has 0 radical (unpaired) electrons. The van der Waals surface area contributed by atoms with Gasteiger partial charge in [0.25, 0.3) is 0 Å². The van der Waals surface area contributed by atoms with Crippen LogP contribution in [-0.2, 0) is 12.5 Å². The lowest BCUT2D eigenvalue weighted by Gasteiger charge is -2.23. The summed E-state index contributed by atoms with van der Waals surface area (Å²) in [6, 6.07) is 20.3. The van der Waals surface area contributed by atoms with Crippen molar-refractivity contribution in [2.75, 3.05) is 0 Å². The first-order valence-corrected chi connectivity index (χ1v) is 10.7. The monoisotopic (exact) mass is 409 g/mol. The van der Waals surface area contributed by atoms with Crippen LogP contribution in [0.4, 0.5) is 4.39 Å². The van der Waals surface area contributed by atoms with E-state index >= 15 is 4.39 Å². The van der Waals surface area contributed by atoms with Crippen molar-refractivity contribution in [3.8, 4) is 11.4 Å². The highest BCUT2D eigenvalue weighted by atomic mass is 19.1. The summed E-state index contributed by atoms with van der Waals surface area (Å²) in [5.74, 6) is 0.514. The largest absolute Gasteiger partial charge is 0.331 e. The molecule has 1 aromatic heterocycles. The highest BCUT2D eigenvalue weighted by Gasteiger charge is 2.26. The highest BCUT2D eigenvalue weighted by Crippen LogP contribution is 2.37. The summed E-state index contributed by atoms with van der Waals surface area (Å²) >= 11 is 0. The van der Waals surface area contributed by atoms with E-state index in [0.29, 0.717) is 10.9 Å². The average Bonchev–Trinajstić information content (AvgIpc) is 2.73. The highest BCUT2D eigenvalue weighted by molar-refractivity contribution is 5.98. The summed E-state index contributed by atoms with van der Waals surface area (Å²) in [5.41, 5.74) is 3.85. The molecule has 0 atom stereocenters. The van der Waals surface area contributed by atoms with E-state index in [1.807, 2.05) is 48.1 Å². The molecule has 2 nitrogen and oxygen atoms in total. The summed E-state index contributed by atoms with van der Waals surface area (Å²) in [5, 5.41) is 4.77. The van der Waals surface area contributed by atoms with Gasteiger partial charge < -0.3 is 0 Å². The average molecular weight is 410 g/mol. The van der Waals surface area contributed by atoms with Crippen molar-refractivity contribution >= 4 is 32.4 Å². The van der Waals surface area contributed by atoms with Gasteiger partial charge in [-0.2, -0.15) is 0 Å². The summed E-state index contributed by atoms with van der Waals surface area (Å²) in [6.45, 7) is 8.82. The van der Waals surface area contributed by atoms with Crippen LogP contribution in [0.5, 0.6) is 0 Å². The first kappa shape index (κ1) is 19.6. The molecule has 1 heterocycles. The fourth-order valence-corrected chi connectivity index (χ4v) is 4.60. The Morgan fingerprint density at radius 2 is 1.48 bits per heavy atom. The van der Waals surface area contributed by atoms with Crippen molar-refractivity contribution in [3.05, 3.63) is 83.8 Å². The topological polar surface area (TPSA) is 16.8 Å². The van der Waals surface area contributed by atoms with Gasteiger partial charge in [-0.3, -0.25) is 0 Å². The second-order valence-corrected chi connectivity index (χ2v) is 9.42. The van der Waals surface area contributed by atoms with Crippen LogP contribution in [0.25, 0.3) is 43.8 Å². The zero-order valence-electron chi connectivity index (χ0n) is 18.6. The summed E-state index contributed by atoms with van der Waals surface area (Å²) in [6.07, 6.45) is 1.98. The van der Waals surface area contributed by atoms with E-state index in [9.17, 15) is 0 Å². The van der Waals surface area contributed by atoms with Crippen LogP contribution in [0.3, 0.4) is 0 Å². The second kappa shape index (κ2) is 6.84. The number of hydrogen-bond donors (Lipinski definition) is 0. The molecule has 0 unspecified atom stereocenters. The third-order valence-electron chi connectivity index (χ3n) is 6.24. The lowest BCUT2D eigenvalue weighted by molar-refractivity contribution is -0.661. The molecule has 0 aliphatic rings. The van der Waals surface area contributed by atoms with Crippen molar-refractivity contribution in [2.45, 2.75) is 33.1 Å². The lowest BCUT2D eigenvalue weighted by atomic mass is 9.81. The minimum absolute atomic E-state index is 0.0288. The van der Waals surface area contributed by atoms with Gasteiger partial charge in [0.2, 0.25) is 5.52 Å². The quantitative estimate of drug-likeness (QED) is 0.220. The van der Waals surface area contributed by atoms with Gasteiger partial charge in [0, 0.05) is 5.39 Å². The van der Waals surface area contributed by atoms with E-state index in [4.69, 9.17) is 4.98 Å². The Kier molecular flexibility index (Phi) is 4.33. The molecule has 0 aliphatic heterocycles. The van der Waals surface area contributed by atoms with Gasteiger partial charge in [-0.25, -0.2) is 8.96 Å². The van der Waals surface area contributed by atoms with Crippen molar-refractivity contribution in [2.24, 2.45) is 7.05 Å². The maximum atomic E-state index is 15.4. The molecule has 0 bridgehead atoms. The van der Waals surface area contributed by atoms with E-state index in [2.05, 4.69) is 58.0 Å². The molecule has 0 spiro atoms. The fraction of sp³-hybridized carbons (Fsp3) is 0.214. The van der Waals surface area contributed by atoms with E-state index in [1.165, 1.54) is 16.3 Å². The predicted octanol–water partition coefficient (Wildman–Crippen LogP) is 6.78. The number of aryl methyl sites for hydroxylation is 2. The zero-order valence-corrected chi connectivity index (χ0v) is 18.6. The number of benzene rings is 4. The van der Waals surface area contributed by atoms with Crippen LogP contribution in [-0.4, -0.2) is 4.98 Å². The maximum Gasteiger partial charge on any atom is 0.331 e. The SMILES string of the molecule is Cc1c(-c2nc3c(F)c4ccccc4cc3c[n+]2C)cc(C(C)(C)C)c2ccccc12. The van der Waals surface area contributed by atoms with Crippen LogP contribution in [0.2, 0.25) is 0 Å². The molecule has 0 saturated carbocycles. The number of nitrogens with zero attached hydrogens (tertiary/aromatic N) is 2. The minimum Gasteiger partial charge on any atom is -0.232 e. The molecule has 0 fully saturated rings. The van der Waals surface area contributed by atoms with Gasteiger partial charge in [0.1, 0.15) is 6.20 Å². The lowest BCUT2D eigenvalue weighted by Crippen LogP contribution is -2.32. The molecule has 5 rings (SSSR count). The third-order valence-corrected chi connectivity index (χ3v) is 6.24. The van der Waals surface area contributed by atoms with E-state index in [0.717, 1.165) is 27.7 Å². The second-order valence-electron chi connectivity index (χ2n) is 9.42. The smallest absolute Gasteiger partial charge is 0.232 e. The zero-order chi connectivity index (χ0) is 21.9. The Morgan fingerprint density at radius 1 is 0.839 bits per heavy atom. The van der Waals surface area contributed by atoms with Gasteiger partial charge in [-0.15, -0.1) is 0 Å². The van der Waals surface area contributed by atoms with Crippen LogP contribution in [0.15, 0.2) is 66.9 Å². The van der Waals surface area contributed by atoms with Gasteiger partial charge in [-0.05, 0) is 56.7 Å². The Morgan fingerprint density at radius 3 is 2.19 bits per heavy atom. The maximum absolute atomic E-state index is 15.4. The predicted molar refractivity (Wildman–Crippen MR) is 127 cm³/mol. The van der Waals surface area contributed by atoms with Crippen molar-refractivity contribution in [3.63, 3.8) is 0 Å². The molecular weight excluding hydrogens is 383 g/mol. The number of hydrogen-bond acceptors (Lipinski definition) is 1. The number of rotatable bonds is 1. The molecule has 0 amide bonds. The van der Waals surface area contributed by atoms with E-state index in [1.54, 1.807) is 0 Å². The molecule has 0 saturated heterocycles. The Labute approximate surface area is 182 Å². The molecule has 31 heavy (non-hydrogen) atoms.